The molecule has 1 aliphatic rings. The van der Waals surface area contributed by atoms with Gasteiger partial charge in [0.05, 0.1) is 12.3 Å². The molecular formula is C13H17NO2. The fourth-order valence-corrected chi connectivity index (χ4v) is 1.74. The fourth-order valence-electron chi connectivity index (χ4n) is 1.74. The van der Waals surface area contributed by atoms with Crippen molar-refractivity contribution in [1.82, 2.24) is 0 Å². The van der Waals surface area contributed by atoms with E-state index in [9.17, 15) is 0 Å². The fraction of sp³-hybridized carbons (Fsp3) is 0.462. The summed E-state index contributed by atoms with van der Waals surface area (Å²) >= 11 is 0. The van der Waals surface area contributed by atoms with Crippen LogP contribution in [0.25, 0.3) is 0 Å². The number of rotatable bonds is 4. The van der Waals surface area contributed by atoms with Gasteiger partial charge in [0, 0.05) is 12.8 Å². The van der Waals surface area contributed by atoms with Crippen LogP contribution in [0.4, 0.5) is 0 Å². The molecule has 2 rings (SSSR count). The molecule has 0 bridgehead atoms. The van der Waals surface area contributed by atoms with Gasteiger partial charge in [-0.1, -0.05) is 23.4 Å². The van der Waals surface area contributed by atoms with Crippen LogP contribution in [0.1, 0.15) is 25.3 Å². The van der Waals surface area contributed by atoms with Gasteiger partial charge in [0.25, 0.3) is 0 Å². The molecule has 16 heavy (non-hydrogen) atoms. The SMILES string of the molecule is CC1=NO[C@H](CCOc2ccccc2C)C1. The molecule has 0 radical (unpaired) electrons. The van der Waals surface area contributed by atoms with Gasteiger partial charge in [0.15, 0.2) is 0 Å². The van der Waals surface area contributed by atoms with Crippen molar-refractivity contribution in [2.24, 2.45) is 5.16 Å². The summed E-state index contributed by atoms with van der Waals surface area (Å²) in [6, 6.07) is 8.04. The lowest BCUT2D eigenvalue weighted by Crippen LogP contribution is -2.12. The molecule has 0 aromatic heterocycles. The smallest absolute Gasteiger partial charge is 0.136 e. The van der Waals surface area contributed by atoms with Crippen LogP contribution >= 0.6 is 0 Å². The van der Waals surface area contributed by atoms with Crippen LogP contribution in [-0.2, 0) is 4.84 Å². The molecule has 0 spiro atoms. The summed E-state index contributed by atoms with van der Waals surface area (Å²) in [6.45, 7) is 4.72. The Morgan fingerprint density at radius 2 is 2.19 bits per heavy atom. The van der Waals surface area contributed by atoms with Gasteiger partial charge in [-0.2, -0.15) is 0 Å². The van der Waals surface area contributed by atoms with E-state index >= 15 is 0 Å². The molecule has 3 nitrogen and oxygen atoms in total. The van der Waals surface area contributed by atoms with Crippen LogP contribution in [0.5, 0.6) is 5.75 Å². The van der Waals surface area contributed by atoms with Gasteiger partial charge in [0.1, 0.15) is 11.9 Å². The second-order valence-corrected chi connectivity index (χ2v) is 4.16. The first-order valence-corrected chi connectivity index (χ1v) is 5.63. The Morgan fingerprint density at radius 1 is 1.38 bits per heavy atom. The molecular weight excluding hydrogens is 202 g/mol. The molecule has 1 aliphatic heterocycles. The monoisotopic (exact) mass is 219 g/mol. The zero-order valence-electron chi connectivity index (χ0n) is 9.77. The number of hydrogen-bond acceptors (Lipinski definition) is 3. The molecule has 1 aromatic carbocycles. The molecule has 1 aromatic rings. The van der Waals surface area contributed by atoms with E-state index in [1.165, 1.54) is 5.56 Å². The molecule has 0 amide bonds. The third-order valence-electron chi connectivity index (χ3n) is 2.67. The quantitative estimate of drug-likeness (QED) is 0.779. The zero-order chi connectivity index (χ0) is 11.4. The lowest BCUT2D eigenvalue weighted by atomic mass is 10.1. The van der Waals surface area contributed by atoms with E-state index < -0.39 is 0 Å². The maximum absolute atomic E-state index is 5.70. The standard InChI is InChI=1S/C13H17NO2/c1-10-5-3-4-6-13(10)15-8-7-12-9-11(2)14-16-12/h3-6,12H,7-9H2,1-2H3/t12-/m1/s1. The number of para-hydroxylation sites is 1. The Morgan fingerprint density at radius 3 is 2.88 bits per heavy atom. The largest absolute Gasteiger partial charge is 0.493 e. The minimum absolute atomic E-state index is 0.198. The molecule has 0 N–H and O–H groups in total. The molecule has 0 fully saturated rings. The van der Waals surface area contributed by atoms with Gasteiger partial charge in [-0.15, -0.1) is 0 Å². The first-order valence-electron chi connectivity index (χ1n) is 5.63. The van der Waals surface area contributed by atoms with Crippen molar-refractivity contribution in [3.63, 3.8) is 0 Å². The molecule has 3 heteroatoms. The topological polar surface area (TPSA) is 30.8 Å². The first-order chi connectivity index (χ1) is 7.75. The van der Waals surface area contributed by atoms with Crippen molar-refractivity contribution in [3.05, 3.63) is 29.8 Å². The maximum atomic E-state index is 5.70. The predicted molar refractivity (Wildman–Crippen MR) is 63.9 cm³/mol. The van der Waals surface area contributed by atoms with E-state index in [1.54, 1.807) is 0 Å². The lowest BCUT2D eigenvalue weighted by molar-refractivity contribution is 0.0674. The number of oxime groups is 1. The minimum atomic E-state index is 0.198. The molecule has 0 saturated heterocycles. The van der Waals surface area contributed by atoms with E-state index in [1.807, 2.05) is 25.1 Å². The second-order valence-electron chi connectivity index (χ2n) is 4.16. The van der Waals surface area contributed by atoms with E-state index in [-0.39, 0.29) is 6.10 Å². The minimum Gasteiger partial charge on any atom is -0.493 e. The summed E-state index contributed by atoms with van der Waals surface area (Å²) in [7, 11) is 0. The molecule has 0 saturated carbocycles. The predicted octanol–water partition coefficient (Wildman–Crippen LogP) is 2.93. The Bertz CT molecular complexity index is 387. The van der Waals surface area contributed by atoms with Crippen molar-refractivity contribution in [2.45, 2.75) is 32.8 Å². The summed E-state index contributed by atoms with van der Waals surface area (Å²) in [5.74, 6) is 0.957. The van der Waals surface area contributed by atoms with Crippen molar-refractivity contribution in [3.8, 4) is 5.75 Å². The van der Waals surface area contributed by atoms with E-state index in [0.717, 1.165) is 24.3 Å². The van der Waals surface area contributed by atoms with Gasteiger partial charge >= 0.3 is 0 Å². The molecule has 86 valence electrons. The highest BCUT2D eigenvalue weighted by Crippen LogP contribution is 2.18. The summed E-state index contributed by atoms with van der Waals surface area (Å²) in [6.07, 6.45) is 2.01. The van der Waals surface area contributed by atoms with Gasteiger partial charge in [-0.25, -0.2) is 0 Å². The average molecular weight is 219 g/mol. The number of aryl methyl sites for hydroxylation is 1. The van der Waals surface area contributed by atoms with E-state index in [0.29, 0.717) is 6.61 Å². The summed E-state index contributed by atoms with van der Waals surface area (Å²) in [4.78, 5) is 5.24. The molecule has 0 aliphatic carbocycles. The summed E-state index contributed by atoms with van der Waals surface area (Å²) in [5, 5.41) is 3.92. The van der Waals surface area contributed by atoms with Crippen LogP contribution in [-0.4, -0.2) is 18.4 Å². The zero-order valence-corrected chi connectivity index (χ0v) is 9.77. The van der Waals surface area contributed by atoms with Crippen LogP contribution in [0.3, 0.4) is 0 Å². The Labute approximate surface area is 96.1 Å². The summed E-state index contributed by atoms with van der Waals surface area (Å²) in [5.41, 5.74) is 2.24. The maximum Gasteiger partial charge on any atom is 0.136 e. The second kappa shape index (κ2) is 5.01. The first kappa shape index (κ1) is 11.0. The van der Waals surface area contributed by atoms with Crippen molar-refractivity contribution in [2.75, 3.05) is 6.61 Å². The van der Waals surface area contributed by atoms with Crippen LogP contribution in [0.15, 0.2) is 29.4 Å². The van der Waals surface area contributed by atoms with Crippen LogP contribution in [0.2, 0.25) is 0 Å². The highest BCUT2D eigenvalue weighted by molar-refractivity contribution is 5.82. The molecule has 0 unspecified atom stereocenters. The number of hydrogen-bond donors (Lipinski definition) is 0. The summed E-state index contributed by atoms with van der Waals surface area (Å²) < 4.78 is 5.70. The third-order valence-corrected chi connectivity index (χ3v) is 2.67. The highest BCUT2D eigenvalue weighted by atomic mass is 16.6. The van der Waals surface area contributed by atoms with Gasteiger partial charge < -0.3 is 9.57 Å². The number of benzene rings is 1. The Balaban J connectivity index is 1.75. The van der Waals surface area contributed by atoms with Gasteiger partial charge in [-0.05, 0) is 25.5 Å². The number of ether oxygens (including phenoxy) is 1. The molecule has 1 heterocycles. The van der Waals surface area contributed by atoms with Gasteiger partial charge in [0.2, 0.25) is 0 Å². The van der Waals surface area contributed by atoms with E-state index in [2.05, 4.69) is 18.1 Å². The van der Waals surface area contributed by atoms with Crippen molar-refractivity contribution < 1.29 is 9.57 Å². The lowest BCUT2D eigenvalue weighted by Gasteiger charge is -2.11. The Kier molecular flexibility index (Phi) is 3.44. The normalized spacial score (nSPS) is 19.1. The van der Waals surface area contributed by atoms with Crippen LogP contribution in [0, 0.1) is 6.92 Å². The van der Waals surface area contributed by atoms with Crippen molar-refractivity contribution >= 4 is 5.71 Å². The highest BCUT2D eigenvalue weighted by Gasteiger charge is 2.17. The van der Waals surface area contributed by atoms with E-state index in [4.69, 9.17) is 9.57 Å². The van der Waals surface area contributed by atoms with Gasteiger partial charge in [-0.3, -0.25) is 0 Å². The Hall–Kier alpha value is -1.51. The number of nitrogens with zero attached hydrogens (tertiary/aromatic N) is 1. The van der Waals surface area contributed by atoms with Crippen molar-refractivity contribution in [1.29, 1.82) is 0 Å². The molecule has 1 atom stereocenters. The third kappa shape index (κ3) is 2.75. The average Bonchev–Trinajstić information content (AvgIpc) is 2.67. The van der Waals surface area contributed by atoms with Crippen LogP contribution < -0.4 is 4.74 Å².